The van der Waals surface area contributed by atoms with Crippen molar-refractivity contribution in [1.29, 1.82) is 0 Å². The first-order valence-electron chi connectivity index (χ1n) is 14.6. The monoisotopic (exact) mass is 590 g/mol. The van der Waals surface area contributed by atoms with Crippen molar-refractivity contribution in [2.75, 3.05) is 37.3 Å². The maximum atomic E-state index is 14.2. The average Bonchev–Trinajstić information content (AvgIpc) is 2.93. The summed E-state index contributed by atoms with van der Waals surface area (Å²) in [5, 5.41) is 3.72. The predicted molar refractivity (Wildman–Crippen MR) is 157 cm³/mol. The molecule has 2 aromatic rings. The Kier molecular flexibility index (Phi) is 10.5. The minimum Gasteiger partial charge on any atom is -0.451 e. The maximum absolute atomic E-state index is 14.2. The SMILES string of the molecule is CCN(C(=O)c1cc(F)ccc1Oc1cncnc1N1CCC(NC[C@H]2CC[C@H](NS(C)(=O)=O)CC2)CC1)C(C)C. The Balaban J connectivity index is 1.34. The number of piperidine rings is 1. The summed E-state index contributed by atoms with van der Waals surface area (Å²) >= 11 is 0. The van der Waals surface area contributed by atoms with Crippen molar-refractivity contribution < 1.29 is 22.3 Å². The van der Waals surface area contributed by atoms with Gasteiger partial charge in [-0.25, -0.2) is 27.5 Å². The number of ether oxygens (including phenoxy) is 1. The molecule has 1 saturated heterocycles. The average molecular weight is 591 g/mol. The van der Waals surface area contributed by atoms with Gasteiger partial charge in [0.1, 0.15) is 17.9 Å². The molecule has 2 N–H and O–H groups in total. The first kappa shape index (κ1) is 31.1. The van der Waals surface area contributed by atoms with Gasteiger partial charge in [-0.1, -0.05) is 0 Å². The van der Waals surface area contributed by atoms with Crippen LogP contribution in [0.2, 0.25) is 0 Å². The minimum atomic E-state index is -3.16. The van der Waals surface area contributed by atoms with Crippen LogP contribution >= 0.6 is 0 Å². The van der Waals surface area contributed by atoms with Crippen molar-refractivity contribution in [2.45, 2.75) is 77.4 Å². The Bertz CT molecular complexity index is 1280. The molecule has 0 bridgehead atoms. The van der Waals surface area contributed by atoms with E-state index < -0.39 is 15.8 Å². The van der Waals surface area contributed by atoms with E-state index in [9.17, 15) is 17.6 Å². The van der Waals surface area contributed by atoms with Gasteiger partial charge in [-0.15, -0.1) is 0 Å². The molecule has 1 aliphatic carbocycles. The first-order chi connectivity index (χ1) is 19.5. The van der Waals surface area contributed by atoms with E-state index in [1.54, 1.807) is 11.1 Å². The standard InChI is InChI=1S/C29H43FN6O4S/c1-5-36(20(2)3)29(37)25-16-22(30)8-11-26(25)40-27-18-31-19-33-28(27)35-14-12-23(13-15-35)32-17-21-6-9-24(10-7-21)34-41(4,38)39/h8,11,16,18-21,23-24,32,34H,5-7,9-10,12-15,17H2,1-4H3/t21-,24-. The number of carbonyl (C=O) groups excluding carboxylic acids is 1. The van der Waals surface area contributed by atoms with Gasteiger partial charge >= 0.3 is 0 Å². The second-order valence-corrected chi connectivity index (χ2v) is 13.2. The van der Waals surface area contributed by atoms with Gasteiger partial charge in [-0.3, -0.25) is 4.79 Å². The number of halogens is 1. The highest BCUT2D eigenvalue weighted by Crippen LogP contribution is 2.34. The third-order valence-corrected chi connectivity index (χ3v) is 8.75. The Morgan fingerprint density at radius 3 is 2.46 bits per heavy atom. The zero-order valence-corrected chi connectivity index (χ0v) is 25.3. The highest BCUT2D eigenvalue weighted by molar-refractivity contribution is 7.88. The third kappa shape index (κ3) is 8.59. The van der Waals surface area contributed by atoms with E-state index in [1.807, 2.05) is 20.8 Å². The van der Waals surface area contributed by atoms with E-state index in [2.05, 4.69) is 24.9 Å². The summed E-state index contributed by atoms with van der Waals surface area (Å²) in [6.07, 6.45) is 9.95. The number of nitrogens with zero attached hydrogens (tertiary/aromatic N) is 4. The zero-order chi connectivity index (χ0) is 29.6. The molecule has 0 spiro atoms. The topological polar surface area (TPSA) is 117 Å². The zero-order valence-electron chi connectivity index (χ0n) is 24.5. The van der Waals surface area contributed by atoms with Gasteiger partial charge < -0.3 is 19.9 Å². The number of carbonyl (C=O) groups is 1. The molecule has 1 amide bonds. The van der Waals surface area contributed by atoms with E-state index in [1.165, 1.54) is 30.8 Å². The Hall–Kier alpha value is -2.83. The highest BCUT2D eigenvalue weighted by Gasteiger charge is 2.27. The molecule has 2 heterocycles. The van der Waals surface area contributed by atoms with E-state index in [-0.39, 0.29) is 29.3 Å². The Morgan fingerprint density at radius 2 is 1.83 bits per heavy atom. The lowest BCUT2D eigenvalue weighted by atomic mass is 9.86. The van der Waals surface area contributed by atoms with Crippen LogP contribution in [0.25, 0.3) is 0 Å². The number of anilines is 1. The number of hydrogen-bond acceptors (Lipinski definition) is 8. The van der Waals surface area contributed by atoms with Crippen molar-refractivity contribution in [2.24, 2.45) is 5.92 Å². The van der Waals surface area contributed by atoms with Gasteiger partial charge in [-0.05, 0) is 90.0 Å². The van der Waals surface area contributed by atoms with Gasteiger partial charge in [0.2, 0.25) is 10.0 Å². The summed E-state index contributed by atoms with van der Waals surface area (Å²) < 4.78 is 46.1. The first-order valence-corrected chi connectivity index (χ1v) is 16.5. The number of sulfonamides is 1. The summed E-state index contributed by atoms with van der Waals surface area (Å²) in [6.45, 7) is 8.73. The molecule has 41 heavy (non-hydrogen) atoms. The van der Waals surface area contributed by atoms with E-state index in [0.717, 1.165) is 58.2 Å². The number of amides is 1. The molecule has 1 aliphatic heterocycles. The van der Waals surface area contributed by atoms with Crippen LogP contribution in [0.15, 0.2) is 30.7 Å². The Labute approximate surface area is 243 Å². The molecule has 10 nitrogen and oxygen atoms in total. The molecule has 226 valence electrons. The van der Waals surface area contributed by atoms with Gasteiger partial charge in [0.15, 0.2) is 11.6 Å². The second-order valence-electron chi connectivity index (χ2n) is 11.4. The fraction of sp³-hybridized carbons (Fsp3) is 0.621. The molecule has 4 rings (SSSR count). The normalized spacial score (nSPS) is 20.3. The molecular formula is C29H43FN6O4S. The van der Waals surface area contributed by atoms with Crippen molar-refractivity contribution in [3.05, 3.63) is 42.1 Å². The van der Waals surface area contributed by atoms with Crippen LogP contribution in [0.5, 0.6) is 11.5 Å². The van der Waals surface area contributed by atoms with E-state index in [4.69, 9.17) is 4.74 Å². The molecule has 12 heteroatoms. The van der Waals surface area contributed by atoms with Crippen LogP contribution in [0.4, 0.5) is 10.2 Å². The smallest absolute Gasteiger partial charge is 0.257 e. The highest BCUT2D eigenvalue weighted by atomic mass is 32.2. The van der Waals surface area contributed by atoms with Crippen LogP contribution < -0.4 is 19.7 Å². The van der Waals surface area contributed by atoms with Gasteiger partial charge in [0.25, 0.3) is 5.91 Å². The van der Waals surface area contributed by atoms with Crippen LogP contribution in [0.3, 0.4) is 0 Å². The fourth-order valence-corrected chi connectivity index (χ4v) is 6.65. The molecule has 0 atom stereocenters. The molecule has 2 aliphatic rings. The predicted octanol–water partition coefficient (Wildman–Crippen LogP) is 3.94. The summed E-state index contributed by atoms with van der Waals surface area (Å²) in [5.41, 5.74) is 0.166. The summed E-state index contributed by atoms with van der Waals surface area (Å²) in [4.78, 5) is 25.7. The Morgan fingerprint density at radius 1 is 1.12 bits per heavy atom. The van der Waals surface area contributed by atoms with Gasteiger partial charge in [-0.2, -0.15) is 0 Å². The van der Waals surface area contributed by atoms with Crippen molar-refractivity contribution in [3.8, 4) is 11.5 Å². The second kappa shape index (κ2) is 13.9. The van der Waals surface area contributed by atoms with Crippen molar-refractivity contribution in [3.63, 3.8) is 0 Å². The molecule has 0 unspecified atom stereocenters. The number of hydrogen-bond donors (Lipinski definition) is 2. The lowest BCUT2D eigenvalue weighted by molar-refractivity contribution is 0.0713. The number of aromatic nitrogens is 2. The van der Waals surface area contributed by atoms with E-state index in [0.29, 0.717) is 30.1 Å². The van der Waals surface area contributed by atoms with Crippen LogP contribution in [0.1, 0.15) is 69.7 Å². The summed E-state index contributed by atoms with van der Waals surface area (Å²) in [5.74, 6) is 1.10. The summed E-state index contributed by atoms with van der Waals surface area (Å²) in [6, 6.07) is 4.39. The van der Waals surface area contributed by atoms with Gasteiger partial charge in [0, 0.05) is 37.8 Å². The largest absolute Gasteiger partial charge is 0.451 e. The fourth-order valence-electron chi connectivity index (χ4n) is 5.81. The number of nitrogens with one attached hydrogen (secondary N) is 2. The molecule has 2 fully saturated rings. The number of benzene rings is 1. The van der Waals surface area contributed by atoms with Crippen LogP contribution in [-0.2, 0) is 10.0 Å². The van der Waals surface area contributed by atoms with Crippen LogP contribution in [0, 0.1) is 11.7 Å². The third-order valence-electron chi connectivity index (χ3n) is 7.99. The van der Waals surface area contributed by atoms with Crippen molar-refractivity contribution in [1.82, 2.24) is 24.9 Å². The molecule has 1 aromatic carbocycles. The minimum absolute atomic E-state index is 0.0407. The molecule has 1 saturated carbocycles. The number of rotatable bonds is 11. The lowest BCUT2D eigenvalue weighted by Crippen LogP contribution is -2.45. The quantitative estimate of drug-likeness (QED) is 0.404. The van der Waals surface area contributed by atoms with Crippen LogP contribution in [-0.4, -0.2) is 79.8 Å². The summed E-state index contributed by atoms with van der Waals surface area (Å²) in [7, 11) is -3.16. The maximum Gasteiger partial charge on any atom is 0.257 e. The van der Waals surface area contributed by atoms with E-state index >= 15 is 0 Å². The molecular weight excluding hydrogens is 547 g/mol. The van der Waals surface area contributed by atoms with Crippen molar-refractivity contribution >= 4 is 21.7 Å². The molecule has 1 aromatic heterocycles. The van der Waals surface area contributed by atoms with Gasteiger partial charge in [0.05, 0.1) is 18.0 Å². The molecule has 0 radical (unpaired) electrons. The lowest BCUT2D eigenvalue weighted by Gasteiger charge is -2.35.